The van der Waals surface area contributed by atoms with Gasteiger partial charge in [0.05, 0.1) is 21.7 Å². The number of nitrogen functional groups attached to an aromatic ring is 1. The van der Waals surface area contributed by atoms with E-state index in [1.165, 1.54) is 24.3 Å². The quantitative estimate of drug-likeness (QED) is 0.866. The number of nitriles is 1. The second kappa shape index (κ2) is 6.00. The van der Waals surface area contributed by atoms with E-state index in [4.69, 9.17) is 38.9 Å². The fourth-order valence-corrected chi connectivity index (χ4v) is 2.21. The maximum atomic E-state index is 13.7. The van der Waals surface area contributed by atoms with Crippen LogP contribution in [0.5, 0.6) is 5.75 Å². The van der Waals surface area contributed by atoms with Gasteiger partial charge in [0, 0.05) is 11.3 Å². The molecule has 2 aromatic carbocycles. The summed E-state index contributed by atoms with van der Waals surface area (Å²) in [6.07, 6.45) is 0. The second-order valence-corrected chi connectivity index (χ2v) is 4.83. The van der Waals surface area contributed by atoms with Crippen molar-refractivity contribution in [2.24, 2.45) is 0 Å². The van der Waals surface area contributed by atoms with E-state index in [9.17, 15) is 4.39 Å². The summed E-state index contributed by atoms with van der Waals surface area (Å²) >= 11 is 11.9. The molecule has 3 nitrogen and oxygen atoms in total. The zero-order valence-electron chi connectivity index (χ0n) is 10.2. The minimum absolute atomic E-state index is 0.0547. The lowest BCUT2D eigenvalue weighted by atomic mass is 10.1. The van der Waals surface area contributed by atoms with Crippen LogP contribution in [-0.2, 0) is 6.61 Å². The lowest BCUT2D eigenvalue weighted by molar-refractivity contribution is 0.300. The number of hydrogen-bond donors (Lipinski definition) is 1. The van der Waals surface area contributed by atoms with Gasteiger partial charge in [-0.1, -0.05) is 29.3 Å². The number of nitrogens with two attached hydrogens (primary N) is 1. The highest BCUT2D eigenvalue weighted by Gasteiger charge is 2.11. The van der Waals surface area contributed by atoms with Gasteiger partial charge in [0.1, 0.15) is 12.4 Å². The molecule has 0 unspecified atom stereocenters. The van der Waals surface area contributed by atoms with Crippen LogP contribution >= 0.6 is 23.2 Å². The lowest BCUT2D eigenvalue weighted by Gasteiger charge is -2.11. The van der Waals surface area contributed by atoms with Crippen LogP contribution in [0.4, 0.5) is 10.1 Å². The van der Waals surface area contributed by atoms with E-state index in [0.717, 1.165) is 6.07 Å². The van der Waals surface area contributed by atoms with Gasteiger partial charge in [-0.25, -0.2) is 4.39 Å². The number of hydrogen-bond acceptors (Lipinski definition) is 3. The maximum Gasteiger partial charge on any atom is 0.157 e. The molecule has 0 aliphatic heterocycles. The summed E-state index contributed by atoms with van der Waals surface area (Å²) in [5.41, 5.74) is 6.53. The smallest absolute Gasteiger partial charge is 0.157 e. The van der Waals surface area contributed by atoms with E-state index in [-0.39, 0.29) is 28.0 Å². The van der Waals surface area contributed by atoms with Crippen LogP contribution in [0.2, 0.25) is 10.0 Å². The normalized spacial score (nSPS) is 10.1. The van der Waals surface area contributed by atoms with Crippen molar-refractivity contribution < 1.29 is 9.13 Å². The van der Waals surface area contributed by atoms with E-state index in [0.29, 0.717) is 11.3 Å². The summed E-state index contributed by atoms with van der Waals surface area (Å²) in [6, 6.07) is 8.98. The Morgan fingerprint density at radius 3 is 2.40 bits per heavy atom. The van der Waals surface area contributed by atoms with Gasteiger partial charge >= 0.3 is 0 Å². The number of nitrogens with zero attached hydrogens (tertiary/aromatic N) is 1. The molecule has 0 saturated carbocycles. The molecule has 0 bridgehead atoms. The molecule has 0 atom stereocenters. The van der Waals surface area contributed by atoms with Crippen molar-refractivity contribution in [2.75, 3.05) is 5.73 Å². The van der Waals surface area contributed by atoms with Crippen molar-refractivity contribution in [3.8, 4) is 11.8 Å². The largest absolute Gasteiger partial charge is 0.486 e. The van der Waals surface area contributed by atoms with Gasteiger partial charge in [0.15, 0.2) is 5.75 Å². The fraction of sp³-hybridized carbons (Fsp3) is 0.0714. The Bertz CT molecular complexity index is 675. The van der Waals surface area contributed by atoms with Gasteiger partial charge in [-0.3, -0.25) is 0 Å². The first-order chi connectivity index (χ1) is 9.51. The molecule has 0 spiro atoms. The molecular weight excluding hydrogens is 302 g/mol. The molecule has 0 amide bonds. The SMILES string of the molecule is N#Cc1ccc(COc2c(Cl)cc(N)cc2Cl)c(F)c1. The molecule has 2 aromatic rings. The van der Waals surface area contributed by atoms with Gasteiger partial charge in [-0.05, 0) is 24.3 Å². The van der Waals surface area contributed by atoms with Crippen LogP contribution in [0.3, 0.4) is 0 Å². The molecule has 6 heteroatoms. The Morgan fingerprint density at radius 2 is 1.85 bits per heavy atom. The Kier molecular flexibility index (Phi) is 4.33. The van der Waals surface area contributed by atoms with Crippen molar-refractivity contribution in [3.63, 3.8) is 0 Å². The fourth-order valence-electron chi connectivity index (χ4n) is 1.60. The Hall–Kier alpha value is -1.96. The predicted octanol–water partition coefficient (Wildman–Crippen LogP) is 4.17. The van der Waals surface area contributed by atoms with E-state index in [2.05, 4.69) is 0 Å². The summed E-state index contributed by atoms with van der Waals surface area (Å²) in [7, 11) is 0. The zero-order valence-corrected chi connectivity index (χ0v) is 11.7. The van der Waals surface area contributed by atoms with Gasteiger partial charge in [0.25, 0.3) is 0 Å². The molecular formula is C14H9Cl2FN2O. The molecule has 0 heterocycles. The monoisotopic (exact) mass is 310 g/mol. The van der Waals surface area contributed by atoms with E-state index < -0.39 is 5.82 Å². The molecule has 0 aliphatic carbocycles. The van der Waals surface area contributed by atoms with Crippen LogP contribution in [0.1, 0.15) is 11.1 Å². The Labute approximate surface area is 125 Å². The first kappa shape index (κ1) is 14.4. The average Bonchev–Trinajstić information content (AvgIpc) is 2.39. The summed E-state index contributed by atoms with van der Waals surface area (Å²) in [4.78, 5) is 0. The second-order valence-electron chi connectivity index (χ2n) is 4.02. The molecule has 0 saturated heterocycles. The maximum absolute atomic E-state index is 13.7. The predicted molar refractivity (Wildman–Crippen MR) is 76.3 cm³/mol. The minimum atomic E-state index is -0.522. The highest BCUT2D eigenvalue weighted by molar-refractivity contribution is 6.37. The summed E-state index contributed by atoms with van der Waals surface area (Å²) in [5.74, 6) is -0.280. The molecule has 0 aromatic heterocycles. The molecule has 0 aliphatic rings. The van der Waals surface area contributed by atoms with Gasteiger partial charge in [0.2, 0.25) is 0 Å². The average molecular weight is 311 g/mol. The Morgan fingerprint density at radius 1 is 1.20 bits per heavy atom. The minimum Gasteiger partial charge on any atom is -0.486 e. The van der Waals surface area contributed by atoms with E-state index in [1.54, 1.807) is 0 Å². The van der Waals surface area contributed by atoms with Crippen LogP contribution in [-0.4, -0.2) is 0 Å². The first-order valence-electron chi connectivity index (χ1n) is 5.57. The van der Waals surface area contributed by atoms with Crippen molar-refractivity contribution in [1.82, 2.24) is 0 Å². The van der Waals surface area contributed by atoms with E-state index >= 15 is 0 Å². The third kappa shape index (κ3) is 3.13. The summed E-state index contributed by atoms with van der Waals surface area (Å²) < 4.78 is 19.1. The third-order valence-corrected chi connectivity index (χ3v) is 3.14. The molecule has 2 N–H and O–H groups in total. The zero-order chi connectivity index (χ0) is 14.7. The molecule has 2 rings (SSSR count). The van der Waals surface area contributed by atoms with Crippen molar-refractivity contribution in [3.05, 3.63) is 57.3 Å². The lowest BCUT2D eigenvalue weighted by Crippen LogP contribution is -2.00. The van der Waals surface area contributed by atoms with Gasteiger partial charge < -0.3 is 10.5 Å². The van der Waals surface area contributed by atoms with Crippen LogP contribution in [0.15, 0.2) is 30.3 Å². The number of benzene rings is 2. The summed E-state index contributed by atoms with van der Waals surface area (Å²) in [5, 5.41) is 9.17. The van der Waals surface area contributed by atoms with Crippen molar-refractivity contribution >= 4 is 28.9 Å². The summed E-state index contributed by atoms with van der Waals surface area (Å²) in [6.45, 7) is -0.0547. The number of halogens is 3. The van der Waals surface area contributed by atoms with Crippen LogP contribution < -0.4 is 10.5 Å². The van der Waals surface area contributed by atoms with Crippen molar-refractivity contribution in [2.45, 2.75) is 6.61 Å². The topological polar surface area (TPSA) is 59.0 Å². The highest BCUT2D eigenvalue weighted by atomic mass is 35.5. The molecule has 0 radical (unpaired) electrons. The first-order valence-corrected chi connectivity index (χ1v) is 6.32. The van der Waals surface area contributed by atoms with Gasteiger partial charge in [-0.15, -0.1) is 0 Å². The molecule has 0 fully saturated rings. The number of rotatable bonds is 3. The number of ether oxygens (including phenoxy) is 1. The third-order valence-electron chi connectivity index (χ3n) is 2.57. The molecule has 20 heavy (non-hydrogen) atoms. The van der Waals surface area contributed by atoms with Crippen LogP contribution in [0.25, 0.3) is 0 Å². The number of anilines is 1. The van der Waals surface area contributed by atoms with Crippen LogP contribution in [0, 0.1) is 17.1 Å². The standard InChI is InChI=1S/C14H9Cl2FN2O/c15-11-4-10(19)5-12(16)14(11)20-7-9-2-1-8(6-18)3-13(9)17/h1-5H,7,19H2. The van der Waals surface area contributed by atoms with Gasteiger partial charge in [-0.2, -0.15) is 5.26 Å². The Balaban J connectivity index is 2.20. The van der Waals surface area contributed by atoms with E-state index in [1.807, 2.05) is 6.07 Å². The van der Waals surface area contributed by atoms with Crippen molar-refractivity contribution in [1.29, 1.82) is 5.26 Å². The molecule has 102 valence electrons. The highest BCUT2D eigenvalue weighted by Crippen LogP contribution is 2.35.